The van der Waals surface area contributed by atoms with Gasteiger partial charge in [-0.05, 0) is 18.8 Å². The lowest BCUT2D eigenvalue weighted by Gasteiger charge is -2.35. The van der Waals surface area contributed by atoms with Crippen LogP contribution in [-0.4, -0.2) is 45.6 Å². The third-order valence-electron chi connectivity index (χ3n) is 5.18. The molecular weight excluding hydrogens is 373 g/mol. The number of hydrogen-bond donors (Lipinski definition) is 1. The third-order valence-corrected chi connectivity index (χ3v) is 5.18. The van der Waals surface area contributed by atoms with Crippen LogP contribution in [0.3, 0.4) is 0 Å². The first-order valence-corrected chi connectivity index (χ1v) is 9.92. The molecule has 1 amide bonds. The van der Waals surface area contributed by atoms with Crippen LogP contribution in [0, 0.1) is 17.2 Å². The van der Waals surface area contributed by atoms with Crippen LogP contribution < -0.4 is 4.74 Å². The molecule has 1 fully saturated rings. The second-order valence-electron chi connectivity index (χ2n) is 8.49. The van der Waals surface area contributed by atoms with Crippen LogP contribution in [0.2, 0.25) is 0 Å². The van der Waals surface area contributed by atoms with Gasteiger partial charge in [-0.15, -0.1) is 0 Å². The standard InChI is InChI=1S/C22H28FN3O3/c1-22(2,3)20(28)26-9-7-15(8-10-26)14-29-21-24-11-17(12-25-21)18-6-4-5-16(13-27)19(18)23/h4-6,11-12,15,27H,7-10,13-14H2,1-3H3. The summed E-state index contributed by atoms with van der Waals surface area (Å²) in [5.41, 5.74) is 0.756. The molecule has 1 aliphatic heterocycles. The van der Waals surface area contributed by atoms with E-state index in [0.717, 1.165) is 25.9 Å². The molecule has 0 spiro atoms. The number of rotatable bonds is 5. The largest absolute Gasteiger partial charge is 0.463 e. The number of nitrogens with zero attached hydrogens (tertiary/aromatic N) is 3. The molecule has 2 aromatic rings. The molecule has 0 radical (unpaired) electrons. The Labute approximate surface area is 170 Å². The number of piperidine rings is 1. The third kappa shape index (κ3) is 5.09. The smallest absolute Gasteiger partial charge is 0.316 e. The van der Waals surface area contributed by atoms with Crippen molar-refractivity contribution in [1.82, 2.24) is 14.9 Å². The van der Waals surface area contributed by atoms with Crippen molar-refractivity contribution in [3.63, 3.8) is 0 Å². The molecule has 0 atom stereocenters. The average molecular weight is 401 g/mol. The van der Waals surface area contributed by atoms with E-state index < -0.39 is 5.82 Å². The Balaban J connectivity index is 1.54. The van der Waals surface area contributed by atoms with Gasteiger partial charge >= 0.3 is 6.01 Å². The van der Waals surface area contributed by atoms with E-state index in [0.29, 0.717) is 23.7 Å². The summed E-state index contributed by atoms with van der Waals surface area (Å²) >= 11 is 0. The van der Waals surface area contributed by atoms with E-state index in [2.05, 4.69) is 9.97 Å². The Bertz CT molecular complexity index is 841. The fraction of sp³-hybridized carbons (Fsp3) is 0.500. The maximum Gasteiger partial charge on any atom is 0.316 e. The molecule has 2 heterocycles. The summed E-state index contributed by atoms with van der Waals surface area (Å²) in [6.07, 6.45) is 4.82. The molecule has 1 saturated heterocycles. The Morgan fingerprint density at radius 1 is 1.24 bits per heavy atom. The van der Waals surface area contributed by atoms with Crippen LogP contribution in [-0.2, 0) is 11.4 Å². The summed E-state index contributed by atoms with van der Waals surface area (Å²) in [5, 5.41) is 9.20. The first-order valence-electron chi connectivity index (χ1n) is 9.92. The zero-order chi connectivity index (χ0) is 21.0. The second kappa shape index (κ2) is 8.86. The van der Waals surface area contributed by atoms with Gasteiger partial charge in [-0.3, -0.25) is 4.79 Å². The zero-order valence-electron chi connectivity index (χ0n) is 17.2. The SMILES string of the molecule is CC(C)(C)C(=O)N1CCC(COc2ncc(-c3cccc(CO)c3F)cn2)CC1. The lowest BCUT2D eigenvalue weighted by Crippen LogP contribution is -2.44. The van der Waals surface area contributed by atoms with Gasteiger partial charge in [0.2, 0.25) is 5.91 Å². The van der Waals surface area contributed by atoms with Crippen molar-refractivity contribution in [2.75, 3.05) is 19.7 Å². The first kappa shape index (κ1) is 21.2. The van der Waals surface area contributed by atoms with E-state index in [1.807, 2.05) is 25.7 Å². The Hall–Kier alpha value is -2.54. The molecule has 1 aromatic carbocycles. The van der Waals surface area contributed by atoms with E-state index in [1.54, 1.807) is 12.1 Å². The van der Waals surface area contributed by atoms with Crippen LogP contribution in [0.15, 0.2) is 30.6 Å². The Morgan fingerprint density at radius 2 is 1.90 bits per heavy atom. The van der Waals surface area contributed by atoms with E-state index in [4.69, 9.17) is 4.74 Å². The van der Waals surface area contributed by atoms with Crippen molar-refractivity contribution in [3.8, 4) is 17.1 Å². The fourth-order valence-corrected chi connectivity index (χ4v) is 3.42. The summed E-state index contributed by atoms with van der Waals surface area (Å²) in [7, 11) is 0. The summed E-state index contributed by atoms with van der Waals surface area (Å²) in [4.78, 5) is 22.6. The van der Waals surface area contributed by atoms with Crippen LogP contribution in [0.1, 0.15) is 39.2 Å². The van der Waals surface area contributed by atoms with Gasteiger partial charge in [0.25, 0.3) is 0 Å². The highest BCUT2D eigenvalue weighted by molar-refractivity contribution is 5.81. The number of carbonyl (C=O) groups excluding carboxylic acids is 1. The van der Waals surface area contributed by atoms with E-state index in [9.17, 15) is 14.3 Å². The van der Waals surface area contributed by atoms with Crippen molar-refractivity contribution in [1.29, 1.82) is 0 Å². The Kier molecular flexibility index (Phi) is 6.47. The van der Waals surface area contributed by atoms with Gasteiger partial charge < -0.3 is 14.7 Å². The topological polar surface area (TPSA) is 75.6 Å². The normalized spacial score (nSPS) is 15.4. The molecule has 1 aromatic heterocycles. The van der Waals surface area contributed by atoms with Gasteiger partial charge in [0.05, 0.1) is 13.2 Å². The number of halogens is 1. The summed E-state index contributed by atoms with van der Waals surface area (Å²) in [6.45, 7) is 7.44. The molecule has 0 bridgehead atoms. The monoisotopic (exact) mass is 401 g/mol. The highest BCUT2D eigenvalue weighted by Crippen LogP contribution is 2.26. The van der Waals surface area contributed by atoms with E-state index >= 15 is 0 Å². The quantitative estimate of drug-likeness (QED) is 0.831. The molecule has 156 valence electrons. The average Bonchev–Trinajstić information content (AvgIpc) is 2.72. The molecule has 1 N–H and O–H groups in total. The van der Waals surface area contributed by atoms with Crippen LogP contribution >= 0.6 is 0 Å². The molecule has 7 heteroatoms. The first-order chi connectivity index (χ1) is 13.8. The van der Waals surface area contributed by atoms with Crippen LogP contribution in [0.25, 0.3) is 11.1 Å². The molecule has 0 saturated carbocycles. The van der Waals surface area contributed by atoms with Crippen molar-refractivity contribution in [2.24, 2.45) is 11.3 Å². The number of aromatic nitrogens is 2. The molecule has 1 aliphatic rings. The molecule has 3 rings (SSSR count). The number of ether oxygens (including phenoxy) is 1. The number of aliphatic hydroxyl groups is 1. The van der Waals surface area contributed by atoms with E-state index in [1.165, 1.54) is 18.5 Å². The van der Waals surface area contributed by atoms with Gasteiger partial charge in [-0.1, -0.05) is 39.0 Å². The highest BCUT2D eigenvalue weighted by atomic mass is 19.1. The highest BCUT2D eigenvalue weighted by Gasteiger charge is 2.30. The molecule has 0 unspecified atom stereocenters. The fourth-order valence-electron chi connectivity index (χ4n) is 3.42. The maximum atomic E-state index is 14.3. The number of aliphatic hydroxyl groups excluding tert-OH is 1. The van der Waals surface area contributed by atoms with Gasteiger partial charge in [-0.25, -0.2) is 14.4 Å². The van der Waals surface area contributed by atoms with Gasteiger partial charge in [0.1, 0.15) is 5.82 Å². The number of hydrogen-bond acceptors (Lipinski definition) is 5. The zero-order valence-corrected chi connectivity index (χ0v) is 17.2. The lowest BCUT2D eigenvalue weighted by atomic mass is 9.91. The van der Waals surface area contributed by atoms with Crippen molar-refractivity contribution in [2.45, 2.75) is 40.2 Å². The lowest BCUT2D eigenvalue weighted by molar-refractivity contribution is -0.141. The van der Waals surface area contributed by atoms with Gasteiger partial charge in [0, 0.05) is 47.6 Å². The molecular formula is C22H28FN3O3. The van der Waals surface area contributed by atoms with Crippen molar-refractivity contribution in [3.05, 3.63) is 42.0 Å². The summed E-state index contributed by atoms with van der Waals surface area (Å²) in [5.74, 6) is 0.0677. The van der Waals surface area contributed by atoms with E-state index in [-0.39, 0.29) is 29.5 Å². The second-order valence-corrected chi connectivity index (χ2v) is 8.49. The minimum absolute atomic E-state index is 0.188. The number of likely N-dealkylation sites (tertiary alicyclic amines) is 1. The van der Waals surface area contributed by atoms with Crippen molar-refractivity contribution < 1.29 is 19.0 Å². The predicted molar refractivity (Wildman–Crippen MR) is 108 cm³/mol. The molecule has 29 heavy (non-hydrogen) atoms. The summed E-state index contributed by atoms with van der Waals surface area (Å²) in [6, 6.07) is 5.10. The minimum Gasteiger partial charge on any atom is -0.463 e. The minimum atomic E-state index is -0.469. The van der Waals surface area contributed by atoms with Crippen molar-refractivity contribution >= 4 is 5.91 Å². The molecule has 6 nitrogen and oxygen atoms in total. The summed E-state index contributed by atoms with van der Waals surface area (Å²) < 4.78 is 20.1. The van der Waals surface area contributed by atoms with Crippen LogP contribution in [0.5, 0.6) is 6.01 Å². The maximum absolute atomic E-state index is 14.3. The van der Waals surface area contributed by atoms with Gasteiger partial charge in [-0.2, -0.15) is 0 Å². The number of carbonyl (C=O) groups is 1. The number of amides is 1. The molecule has 0 aliphatic carbocycles. The van der Waals surface area contributed by atoms with Crippen LogP contribution in [0.4, 0.5) is 4.39 Å². The Morgan fingerprint density at radius 3 is 2.48 bits per heavy atom. The predicted octanol–water partition coefficient (Wildman–Crippen LogP) is 3.44. The number of benzene rings is 1. The van der Waals surface area contributed by atoms with Gasteiger partial charge in [0.15, 0.2) is 0 Å².